The van der Waals surface area contributed by atoms with Gasteiger partial charge < -0.3 is 20.9 Å². The van der Waals surface area contributed by atoms with E-state index in [0.717, 1.165) is 83.2 Å². The van der Waals surface area contributed by atoms with Crippen molar-refractivity contribution in [3.05, 3.63) is 0 Å². The topological polar surface area (TPSA) is 110 Å². The molecule has 8 atom stereocenters. The molecule has 6 fully saturated rings. The molecular weight excluding hydrogens is 729 g/mol. The first-order valence-electron chi connectivity index (χ1n) is 23.8. The molecule has 13 nitrogen and oxygen atoms in total. The van der Waals surface area contributed by atoms with Gasteiger partial charge in [0.1, 0.15) is 0 Å². The van der Waals surface area contributed by atoms with Crippen LogP contribution in [-0.4, -0.2) is 209 Å². The molecular formula is C45H84N10O3. The molecule has 3 N–H and O–H groups in total. The van der Waals surface area contributed by atoms with Crippen LogP contribution in [0.4, 0.5) is 0 Å². The number of rotatable bonds is 15. The minimum Gasteiger partial charge on any atom is -0.358 e. The van der Waals surface area contributed by atoms with Crippen molar-refractivity contribution in [2.24, 2.45) is 35.5 Å². The molecule has 0 aromatic rings. The number of nitrogens with one attached hydrogen (secondary N) is 3. The van der Waals surface area contributed by atoms with Crippen molar-refractivity contribution in [3.8, 4) is 0 Å². The molecule has 6 saturated heterocycles. The monoisotopic (exact) mass is 813 g/mol. The molecule has 6 aliphatic rings. The van der Waals surface area contributed by atoms with Crippen molar-refractivity contribution >= 4 is 17.7 Å². The first-order valence-corrected chi connectivity index (χ1v) is 23.8. The van der Waals surface area contributed by atoms with Gasteiger partial charge >= 0.3 is 0 Å². The first-order chi connectivity index (χ1) is 28.0. The highest BCUT2D eigenvalue weighted by Crippen LogP contribution is 2.40. The van der Waals surface area contributed by atoms with Crippen molar-refractivity contribution in [1.29, 1.82) is 0 Å². The lowest BCUT2D eigenvalue weighted by Crippen LogP contribution is -2.58. The standard InChI is InChI=1S/C45H84N10O3/c1-34-7-19-54(26-25-49-21-23-52(24-22-49)32-44(57)47-5)41(27-34)40-30-53(33-45(58)48-6)16-11-37(40)10-15-50-14-9-36(3)39(29-50)42-28-35(2)8-20-55(42)38-12-17-51(18-13-38)31-43(56)46-4/h34-42H,7-33H2,1-6H3,(H,46,56)(H,47,57)(H,48,58)/t34-,35+,36-,37?,39?,40?,41?,42?/m1/s1. The SMILES string of the molecule is CNC(=O)CN1CCC(N2CC[C@H](C)CC2C2CN(CCC3CCN(CC(=O)NC)CC3C3C[C@H](C)CCN3CCN3CCN(CC(=O)NC)CC3)CC[C@H]2C)CC1. The lowest BCUT2D eigenvalue weighted by atomic mass is 9.73. The number of carbonyl (C=O) groups is 3. The molecule has 58 heavy (non-hydrogen) atoms. The molecule has 0 bridgehead atoms. The highest BCUT2D eigenvalue weighted by molar-refractivity contribution is 5.78. The van der Waals surface area contributed by atoms with Crippen molar-refractivity contribution in [2.45, 2.75) is 96.7 Å². The smallest absolute Gasteiger partial charge is 0.233 e. The van der Waals surface area contributed by atoms with Gasteiger partial charge in [0.25, 0.3) is 0 Å². The zero-order valence-corrected chi connectivity index (χ0v) is 37.6. The number of piperazine rings is 1. The fourth-order valence-electron chi connectivity index (χ4n) is 12.0. The average Bonchev–Trinajstić information content (AvgIpc) is 3.23. The average molecular weight is 813 g/mol. The van der Waals surface area contributed by atoms with E-state index in [0.29, 0.717) is 55.5 Å². The second-order valence-electron chi connectivity index (χ2n) is 19.8. The molecule has 0 aromatic carbocycles. The molecule has 6 aliphatic heterocycles. The predicted octanol–water partition coefficient (Wildman–Crippen LogP) is 1.79. The van der Waals surface area contributed by atoms with E-state index in [1.165, 1.54) is 90.5 Å². The molecule has 0 spiro atoms. The van der Waals surface area contributed by atoms with Crippen LogP contribution in [0, 0.1) is 35.5 Å². The fraction of sp³-hybridized carbons (Fsp3) is 0.933. The minimum absolute atomic E-state index is 0.106. The largest absolute Gasteiger partial charge is 0.358 e. The molecule has 0 aliphatic carbocycles. The van der Waals surface area contributed by atoms with Crippen molar-refractivity contribution in [2.75, 3.05) is 139 Å². The van der Waals surface area contributed by atoms with E-state index in [2.05, 4.69) is 71.0 Å². The Morgan fingerprint density at radius 3 is 1.69 bits per heavy atom. The molecule has 6 heterocycles. The summed E-state index contributed by atoms with van der Waals surface area (Å²) in [5.41, 5.74) is 0. The number of piperidine rings is 5. The number of likely N-dealkylation sites (tertiary alicyclic amines) is 5. The molecule has 13 heteroatoms. The maximum atomic E-state index is 12.6. The van der Waals surface area contributed by atoms with Crippen LogP contribution in [0.3, 0.4) is 0 Å². The van der Waals surface area contributed by atoms with Crippen LogP contribution < -0.4 is 16.0 Å². The summed E-state index contributed by atoms with van der Waals surface area (Å²) < 4.78 is 0. The quantitative estimate of drug-likeness (QED) is 0.227. The summed E-state index contributed by atoms with van der Waals surface area (Å²) in [4.78, 5) is 55.1. The number of nitrogens with zero attached hydrogens (tertiary/aromatic N) is 7. The Labute approximate surface area is 352 Å². The van der Waals surface area contributed by atoms with Gasteiger partial charge in [0.05, 0.1) is 19.6 Å². The Bertz CT molecular complexity index is 1290. The van der Waals surface area contributed by atoms with E-state index < -0.39 is 0 Å². The van der Waals surface area contributed by atoms with Gasteiger partial charge in [-0.05, 0) is 126 Å². The number of likely N-dealkylation sites (N-methyl/N-ethyl adjacent to an activating group) is 3. The van der Waals surface area contributed by atoms with Gasteiger partial charge in [0, 0.05) is 105 Å². The third kappa shape index (κ3) is 12.6. The predicted molar refractivity (Wildman–Crippen MR) is 234 cm³/mol. The second-order valence-corrected chi connectivity index (χ2v) is 19.8. The molecule has 3 amide bonds. The highest BCUT2D eigenvalue weighted by atomic mass is 16.2. The van der Waals surface area contributed by atoms with E-state index in [1.54, 1.807) is 21.1 Å². The molecule has 0 saturated carbocycles. The van der Waals surface area contributed by atoms with E-state index in [1.807, 2.05) is 0 Å². The van der Waals surface area contributed by atoms with Gasteiger partial charge in [-0.2, -0.15) is 0 Å². The summed E-state index contributed by atoms with van der Waals surface area (Å²) in [5.74, 6) is 4.61. The van der Waals surface area contributed by atoms with Crippen LogP contribution in [-0.2, 0) is 14.4 Å². The third-order valence-electron chi connectivity index (χ3n) is 15.9. The van der Waals surface area contributed by atoms with E-state index in [4.69, 9.17) is 0 Å². The number of hydrogen-bond donors (Lipinski definition) is 3. The fourth-order valence-corrected chi connectivity index (χ4v) is 12.0. The van der Waals surface area contributed by atoms with E-state index >= 15 is 0 Å². The summed E-state index contributed by atoms with van der Waals surface area (Å²) in [6.07, 6.45) is 11.3. The lowest BCUT2D eigenvalue weighted by molar-refractivity contribution is -0.123. The Morgan fingerprint density at radius 1 is 0.500 bits per heavy atom. The summed E-state index contributed by atoms with van der Waals surface area (Å²) in [5, 5.41) is 8.49. The van der Waals surface area contributed by atoms with Crippen molar-refractivity contribution in [1.82, 2.24) is 50.2 Å². The summed E-state index contributed by atoms with van der Waals surface area (Å²) in [6.45, 7) is 25.4. The van der Waals surface area contributed by atoms with Gasteiger partial charge in [-0.15, -0.1) is 0 Å². The molecule has 0 radical (unpaired) electrons. The zero-order valence-electron chi connectivity index (χ0n) is 37.6. The molecule has 0 aromatic heterocycles. The highest BCUT2D eigenvalue weighted by Gasteiger charge is 2.43. The Morgan fingerprint density at radius 2 is 1.03 bits per heavy atom. The first kappa shape index (κ1) is 45.7. The van der Waals surface area contributed by atoms with Gasteiger partial charge in [-0.1, -0.05) is 20.8 Å². The summed E-state index contributed by atoms with van der Waals surface area (Å²) >= 11 is 0. The number of hydrogen-bond acceptors (Lipinski definition) is 10. The molecule has 5 unspecified atom stereocenters. The number of carbonyl (C=O) groups excluding carboxylic acids is 3. The Hall–Kier alpha value is -1.87. The Kier molecular flexibility index (Phi) is 17.5. The third-order valence-corrected chi connectivity index (χ3v) is 15.9. The van der Waals surface area contributed by atoms with Gasteiger partial charge in [0.2, 0.25) is 17.7 Å². The second kappa shape index (κ2) is 22.3. The van der Waals surface area contributed by atoms with Crippen LogP contribution in [0.2, 0.25) is 0 Å². The van der Waals surface area contributed by atoms with Crippen molar-refractivity contribution in [3.63, 3.8) is 0 Å². The van der Waals surface area contributed by atoms with Crippen LogP contribution in [0.25, 0.3) is 0 Å². The number of amides is 3. The maximum absolute atomic E-state index is 12.6. The Balaban J connectivity index is 1.08. The van der Waals surface area contributed by atoms with E-state index in [9.17, 15) is 14.4 Å². The van der Waals surface area contributed by atoms with Crippen molar-refractivity contribution < 1.29 is 14.4 Å². The normalized spacial score (nSPS) is 33.8. The van der Waals surface area contributed by atoms with Crippen LogP contribution in [0.15, 0.2) is 0 Å². The van der Waals surface area contributed by atoms with Crippen LogP contribution in [0.1, 0.15) is 78.6 Å². The molecule has 332 valence electrons. The van der Waals surface area contributed by atoms with Gasteiger partial charge in [-0.3, -0.25) is 43.8 Å². The zero-order chi connectivity index (χ0) is 41.2. The summed E-state index contributed by atoms with van der Waals surface area (Å²) in [6, 6.07) is 1.86. The summed E-state index contributed by atoms with van der Waals surface area (Å²) in [7, 11) is 5.24. The molecule has 6 rings (SSSR count). The maximum Gasteiger partial charge on any atom is 0.233 e. The van der Waals surface area contributed by atoms with Crippen LogP contribution in [0.5, 0.6) is 0 Å². The van der Waals surface area contributed by atoms with E-state index in [-0.39, 0.29) is 17.7 Å². The van der Waals surface area contributed by atoms with Gasteiger partial charge in [-0.25, -0.2) is 0 Å². The lowest BCUT2D eigenvalue weighted by Gasteiger charge is -2.52. The van der Waals surface area contributed by atoms with Crippen LogP contribution >= 0.6 is 0 Å². The van der Waals surface area contributed by atoms with Gasteiger partial charge in [0.15, 0.2) is 0 Å². The minimum atomic E-state index is 0.106.